The van der Waals surface area contributed by atoms with Gasteiger partial charge in [0.25, 0.3) is 0 Å². The molecule has 0 unspecified atom stereocenters. The molecule has 1 rings (SSSR count). The average Bonchev–Trinajstić information content (AvgIpc) is 2.25. The van der Waals surface area contributed by atoms with Gasteiger partial charge < -0.3 is 16.2 Å². The van der Waals surface area contributed by atoms with Crippen LogP contribution in [0.3, 0.4) is 0 Å². The fourth-order valence-electron chi connectivity index (χ4n) is 1.76. The summed E-state index contributed by atoms with van der Waals surface area (Å²) in [6.45, 7) is 4.22. The molecule has 4 nitrogen and oxygen atoms in total. The van der Waals surface area contributed by atoms with Crippen molar-refractivity contribution < 1.29 is 9.53 Å². The zero-order chi connectivity index (χ0) is 12.9. The predicted molar refractivity (Wildman–Crippen MR) is 67.4 cm³/mol. The summed E-state index contributed by atoms with van der Waals surface area (Å²) in [5.41, 5.74) is 12.5. The van der Waals surface area contributed by atoms with Crippen molar-refractivity contribution >= 4 is 6.09 Å². The molecule has 0 saturated carbocycles. The van der Waals surface area contributed by atoms with Crippen LogP contribution >= 0.6 is 0 Å². The van der Waals surface area contributed by atoms with Crippen LogP contribution in [0.4, 0.5) is 4.79 Å². The number of amides is 1. The van der Waals surface area contributed by atoms with Gasteiger partial charge in [-0.2, -0.15) is 0 Å². The summed E-state index contributed by atoms with van der Waals surface area (Å²) >= 11 is 0. The number of carbonyl (C=O) groups excluding carboxylic acids is 1. The van der Waals surface area contributed by atoms with Gasteiger partial charge in [-0.25, -0.2) is 4.79 Å². The van der Waals surface area contributed by atoms with E-state index in [2.05, 4.69) is 0 Å². The highest BCUT2D eigenvalue weighted by molar-refractivity contribution is 5.65. The van der Waals surface area contributed by atoms with E-state index in [1.807, 2.05) is 38.1 Å². The zero-order valence-corrected chi connectivity index (χ0v) is 10.4. The highest BCUT2D eigenvalue weighted by atomic mass is 16.6. The van der Waals surface area contributed by atoms with E-state index in [1.165, 1.54) is 5.56 Å². The minimum atomic E-state index is -0.734. The van der Waals surface area contributed by atoms with Crippen molar-refractivity contribution in [3.05, 3.63) is 35.4 Å². The normalized spacial score (nSPS) is 11.2. The number of aryl methyl sites for hydroxylation is 1. The first-order valence-electron chi connectivity index (χ1n) is 5.70. The maximum atomic E-state index is 10.7. The van der Waals surface area contributed by atoms with Crippen LogP contribution in [0.5, 0.6) is 0 Å². The Morgan fingerprint density at radius 2 is 1.88 bits per heavy atom. The van der Waals surface area contributed by atoms with E-state index in [9.17, 15) is 4.79 Å². The molecule has 0 radical (unpaired) electrons. The molecule has 1 aromatic rings. The van der Waals surface area contributed by atoms with Gasteiger partial charge in [-0.3, -0.25) is 0 Å². The zero-order valence-electron chi connectivity index (χ0n) is 10.4. The Kier molecular flexibility index (Phi) is 4.52. The number of rotatable bonds is 5. The molecule has 17 heavy (non-hydrogen) atoms. The third kappa shape index (κ3) is 4.44. The fourth-order valence-corrected chi connectivity index (χ4v) is 1.76. The number of primary amides is 1. The van der Waals surface area contributed by atoms with Crippen LogP contribution < -0.4 is 11.5 Å². The SMILES string of the molecule is CC(C)(CCc1ccccc1CN)OC(N)=O. The molecule has 4 N–H and O–H groups in total. The van der Waals surface area contributed by atoms with Crippen molar-refractivity contribution in [2.24, 2.45) is 11.5 Å². The van der Waals surface area contributed by atoms with Crippen LogP contribution in [0.1, 0.15) is 31.4 Å². The van der Waals surface area contributed by atoms with Gasteiger partial charge in [0.1, 0.15) is 5.60 Å². The minimum absolute atomic E-state index is 0.521. The molecule has 0 bridgehead atoms. The van der Waals surface area contributed by atoms with Crippen molar-refractivity contribution in [1.29, 1.82) is 0 Å². The summed E-state index contributed by atoms with van der Waals surface area (Å²) in [5.74, 6) is 0. The smallest absolute Gasteiger partial charge is 0.405 e. The first-order chi connectivity index (χ1) is 7.94. The molecule has 94 valence electrons. The monoisotopic (exact) mass is 236 g/mol. The summed E-state index contributed by atoms with van der Waals surface area (Å²) in [4.78, 5) is 10.7. The number of hydrogen-bond acceptors (Lipinski definition) is 3. The highest BCUT2D eigenvalue weighted by Crippen LogP contribution is 2.19. The van der Waals surface area contributed by atoms with Crippen molar-refractivity contribution in [1.82, 2.24) is 0 Å². The Balaban J connectivity index is 2.63. The number of carbonyl (C=O) groups is 1. The number of benzene rings is 1. The summed E-state index contributed by atoms with van der Waals surface area (Å²) in [7, 11) is 0. The molecule has 0 aromatic heterocycles. The lowest BCUT2D eigenvalue weighted by molar-refractivity contribution is 0.0394. The van der Waals surface area contributed by atoms with Gasteiger partial charge in [0.15, 0.2) is 0 Å². The van der Waals surface area contributed by atoms with E-state index < -0.39 is 11.7 Å². The van der Waals surface area contributed by atoms with Crippen LogP contribution in [0.2, 0.25) is 0 Å². The van der Waals surface area contributed by atoms with Crippen molar-refractivity contribution in [3.8, 4) is 0 Å². The highest BCUT2D eigenvalue weighted by Gasteiger charge is 2.21. The van der Waals surface area contributed by atoms with Gasteiger partial charge >= 0.3 is 6.09 Å². The van der Waals surface area contributed by atoms with E-state index >= 15 is 0 Å². The first kappa shape index (κ1) is 13.5. The Morgan fingerprint density at radius 3 is 2.41 bits per heavy atom. The second-order valence-corrected chi connectivity index (χ2v) is 4.65. The quantitative estimate of drug-likeness (QED) is 0.820. The van der Waals surface area contributed by atoms with E-state index in [4.69, 9.17) is 16.2 Å². The van der Waals surface area contributed by atoms with E-state index in [1.54, 1.807) is 0 Å². The lowest BCUT2D eigenvalue weighted by Crippen LogP contribution is -2.31. The molecule has 0 aliphatic carbocycles. The third-order valence-electron chi connectivity index (χ3n) is 2.71. The van der Waals surface area contributed by atoms with E-state index in [0.29, 0.717) is 13.0 Å². The number of ether oxygens (including phenoxy) is 1. The van der Waals surface area contributed by atoms with Gasteiger partial charge in [-0.1, -0.05) is 24.3 Å². The van der Waals surface area contributed by atoms with Crippen LogP contribution in [0, 0.1) is 0 Å². The fraction of sp³-hybridized carbons (Fsp3) is 0.462. The average molecular weight is 236 g/mol. The Bertz CT molecular complexity index is 389. The van der Waals surface area contributed by atoms with Crippen molar-refractivity contribution in [3.63, 3.8) is 0 Å². The standard InChI is InChI=1S/C13H20N2O2/c1-13(2,17-12(15)16)8-7-10-5-3-4-6-11(10)9-14/h3-6H,7-9,14H2,1-2H3,(H2,15,16). The molecule has 0 fully saturated rings. The van der Waals surface area contributed by atoms with Gasteiger partial charge in [0, 0.05) is 6.54 Å². The molecule has 0 heterocycles. The summed E-state index contributed by atoms with van der Waals surface area (Å²) < 4.78 is 5.04. The van der Waals surface area contributed by atoms with Crippen LogP contribution in [-0.2, 0) is 17.7 Å². The second kappa shape index (κ2) is 5.68. The van der Waals surface area contributed by atoms with E-state index in [-0.39, 0.29) is 0 Å². The van der Waals surface area contributed by atoms with Gasteiger partial charge in [0.05, 0.1) is 0 Å². The number of nitrogens with two attached hydrogens (primary N) is 2. The summed E-state index contributed by atoms with van der Waals surface area (Å²) in [5, 5.41) is 0. The Labute approximate surface area is 102 Å². The molecule has 1 amide bonds. The molecule has 0 spiro atoms. The molecule has 0 saturated heterocycles. The maximum Gasteiger partial charge on any atom is 0.405 e. The molecule has 4 heteroatoms. The third-order valence-corrected chi connectivity index (χ3v) is 2.71. The molecular formula is C13H20N2O2. The molecular weight excluding hydrogens is 216 g/mol. The topological polar surface area (TPSA) is 78.3 Å². The molecule has 0 aliphatic rings. The van der Waals surface area contributed by atoms with Crippen LogP contribution in [-0.4, -0.2) is 11.7 Å². The lowest BCUT2D eigenvalue weighted by Gasteiger charge is -2.24. The minimum Gasteiger partial charge on any atom is -0.444 e. The largest absolute Gasteiger partial charge is 0.444 e. The van der Waals surface area contributed by atoms with Gasteiger partial charge in [0.2, 0.25) is 0 Å². The van der Waals surface area contributed by atoms with Crippen LogP contribution in [0.25, 0.3) is 0 Å². The van der Waals surface area contributed by atoms with Gasteiger partial charge in [-0.15, -0.1) is 0 Å². The summed E-state index contributed by atoms with van der Waals surface area (Å²) in [6.07, 6.45) is 0.794. The second-order valence-electron chi connectivity index (χ2n) is 4.65. The van der Waals surface area contributed by atoms with Gasteiger partial charge in [-0.05, 0) is 37.8 Å². The molecule has 0 atom stereocenters. The first-order valence-corrected chi connectivity index (χ1v) is 5.70. The van der Waals surface area contributed by atoms with Crippen molar-refractivity contribution in [2.75, 3.05) is 0 Å². The maximum absolute atomic E-state index is 10.7. The lowest BCUT2D eigenvalue weighted by atomic mass is 9.95. The van der Waals surface area contributed by atoms with E-state index in [0.717, 1.165) is 12.0 Å². The molecule has 1 aromatic carbocycles. The summed E-state index contributed by atoms with van der Waals surface area (Å²) in [6, 6.07) is 8.01. The number of hydrogen-bond donors (Lipinski definition) is 2. The Morgan fingerprint density at radius 1 is 1.29 bits per heavy atom. The predicted octanol–water partition coefficient (Wildman–Crippen LogP) is 1.95. The Hall–Kier alpha value is -1.55. The van der Waals surface area contributed by atoms with Crippen LogP contribution in [0.15, 0.2) is 24.3 Å². The van der Waals surface area contributed by atoms with Crippen molar-refractivity contribution in [2.45, 2.75) is 38.8 Å². The molecule has 0 aliphatic heterocycles.